The maximum Gasteiger partial charge on any atom is 0.0504 e. The minimum absolute atomic E-state index is 0.293. The van der Waals surface area contributed by atoms with Gasteiger partial charge in [0.1, 0.15) is 0 Å². The van der Waals surface area contributed by atoms with Gasteiger partial charge >= 0.3 is 0 Å². The third-order valence-electron chi connectivity index (χ3n) is 1.43. The summed E-state index contributed by atoms with van der Waals surface area (Å²) in [6.07, 6.45) is 3.05. The van der Waals surface area contributed by atoms with Gasteiger partial charge in [-0.3, -0.25) is 0 Å². The molecule has 0 fully saturated rings. The second kappa shape index (κ2) is 6.68. The molecule has 0 spiro atoms. The predicted octanol–water partition coefficient (Wildman–Crippen LogP) is 2.23. The molecule has 1 atom stereocenters. The van der Waals surface area contributed by atoms with E-state index in [4.69, 9.17) is 11.1 Å². The third-order valence-corrected chi connectivity index (χ3v) is 2.72. The Balaban J connectivity index is 3.08. The monoisotopic (exact) mass is 174 g/mol. The highest BCUT2D eigenvalue weighted by molar-refractivity contribution is 7.99. The van der Waals surface area contributed by atoms with Crippen LogP contribution in [0.25, 0.3) is 0 Å². The van der Waals surface area contributed by atoms with Crippen molar-refractivity contribution in [2.75, 3.05) is 5.75 Å². The Morgan fingerprint density at radius 1 is 1.64 bits per heavy atom. The zero-order valence-corrected chi connectivity index (χ0v) is 8.21. The molecular weight excluding hydrogens is 156 g/mol. The van der Waals surface area contributed by atoms with Gasteiger partial charge in [0.25, 0.3) is 0 Å². The number of thioether (sulfide) groups is 1. The van der Waals surface area contributed by atoms with Gasteiger partial charge in [-0.15, -0.1) is 11.8 Å². The van der Waals surface area contributed by atoms with Crippen LogP contribution in [0.4, 0.5) is 0 Å². The van der Waals surface area contributed by atoms with Crippen molar-refractivity contribution >= 4 is 17.5 Å². The lowest BCUT2D eigenvalue weighted by atomic mass is 10.2. The molecule has 0 saturated heterocycles. The number of rotatable bonds is 6. The van der Waals surface area contributed by atoms with E-state index in [1.807, 2.05) is 6.92 Å². The zero-order chi connectivity index (χ0) is 8.69. The zero-order valence-electron chi connectivity index (χ0n) is 7.39. The van der Waals surface area contributed by atoms with Crippen molar-refractivity contribution in [3.8, 4) is 0 Å². The van der Waals surface area contributed by atoms with Crippen LogP contribution in [0.3, 0.4) is 0 Å². The van der Waals surface area contributed by atoms with E-state index in [1.165, 1.54) is 0 Å². The van der Waals surface area contributed by atoms with E-state index < -0.39 is 0 Å². The molecule has 3 N–H and O–H groups in total. The average molecular weight is 174 g/mol. The van der Waals surface area contributed by atoms with Crippen LogP contribution < -0.4 is 5.73 Å². The Morgan fingerprint density at radius 3 is 2.73 bits per heavy atom. The van der Waals surface area contributed by atoms with E-state index in [0.29, 0.717) is 5.37 Å². The normalized spacial score (nSPS) is 13.0. The number of nitrogens with two attached hydrogens (primary N) is 1. The van der Waals surface area contributed by atoms with E-state index in [-0.39, 0.29) is 0 Å². The van der Waals surface area contributed by atoms with Gasteiger partial charge in [-0.05, 0) is 31.9 Å². The lowest BCUT2D eigenvalue weighted by Crippen LogP contribution is -2.14. The lowest BCUT2D eigenvalue weighted by Gasteiger charge is -2.06. The third kappa shape index (κ3) is 7.88. The van der Waals surface area contributed by atoms with Crippen LogP contribution in [0.2, 0.25) is 0 Å². The number of nitrogens with one attached hydrogen (secondary N) is 1. The molecule has 0 saturated carbocycles. The van der Waals surface area contributed by atoms with Crippen molar-refractivity contribution < 1.29 is 0 Å². The summed E-state index contributed by atoms with van der Waals surface area (Å²) in [7, 11) is 0. The quantitative estimate of drug-likeness (QED) is 0.368. The molecule has 0 aromatic rings. The van der Waals surface area contributed by atoms with Gasteiger partial charge in [-0.1, -0.05) is 6.92 Å². The highest BCUT2D eigenvalue weighted by atomic mass is 32.2. The first kappa shape index (κ1) is 11.0. The summed E-state index contributed by atoms with van der Waals surface area (Å²) in [6.45, 7) is 3.95. The molecule has 0 amide bonds. The van der Waals surface area contributed by atoms with E-state index in [0.717, 1.165) is 30.7 Å². The standard InChI is InChI=1S/C8H18N2S/c1-3-8(10)11-6-4-5-7(2)9/h8-9H,3-6,10H2,1-2H3. The molecule has 0 aromatic carbocycles. The SMILES string of the molecule is CCC(N)SCCCC(C)=N. The van der Waals surface area contributed by atoms with Gasteiger partial charge in [0.05, 0.1) is 5.37 Å². The molecule has 3 heteroatoms. The maximum absolute atomic E-state index is 7.18. The van der Waals surface area contributed by atoms with Crippen LogP contribution in [-0.2, 0) is 0 Å². The van der Waals surface area contributed by atoms with Crippen LogP contribution in [0.15, 0.2) is 0 Å². The van der Waals surface area contributed by atoms with E-state index >= 15 is 0 Å². The molecule has 0 heterocycles. The minimum atomic E-state index is 0.293. The Bertz CT molecular complexity index is 115. The first-order chi connectivity index (χ1) is 5.16. The molecule has 1 unspecified atom stereocenters. The largest absolute Gasteiger partial charge is 0.319 e. The summed E-state index contributed by atoms with van der Waals surface area (Å²) in [4.78, 5) is 0. The van der Waals surface area contributed by atoms with Crippen LogP contribution in [-0.4, -0.2) is 16.8 Å². The Morgan fingerprint density at radius 2 is 2.27 bits per heavy atom. The van der Waals surface area contributed by atoms with Crippen LogP contribution >= 0.6 is 11.8 Å². The summed E-state index contributed by atoms with van der Waals surface area (Å²) in [5.41, 5.74) is 6.47. The van der Waals surface area contributed by atoms with Gasteiger partial charge in [-0.2, -0.15) is 0 Å². The van der Waals surface area contributed by atoms with Gasteiger partial charge in [0.15, 0.2) is 0 Å². The minimum Gasteiger partial charge on any atom is -0.319 e. The summed E-state index contributed by atoms with van der Waals surface area (Å²) < 4.78 is 0. The second-order valence-corrected chi connectivity index (χ2v) is 4.05. The van der Waals surface area contributed by atoms with Gasteiger partial charge in [0.2, 0.25) is 0 Å². The molecule has 11 heavy (non-hydrogen) atoms. The summed E-state index contributed by atoms with van der Waals surface area (Å²) >= 11 is 1.80. The summed E-state index contributed by atoms with van der Waals surface area (Å²) in [5, 5.41) is 7.48. The van der Waals surface area contributed by atoms with Gasteiger partial charge in [0, 0.05) is 5.71 Å². The van der Waals surface area contributed by atoms with Gasteiger partial charge in [-0.25, -0.2) is 0 Å². The molecule has 66 valence electrons. The predicted molar refractivity (Wildman–Crippen MR) is 53.4 cm³/mol. The molecule has 0 aliphatic heterocycles. The molecule has 0 aromatic heterocycles. The second-order valence-electron chi connectivity index (χ2n) is 2.70. The van der Waals surface area contributed by atoms with Crippen LogP contribution in [0.1, 0.15) is 33.1 Å². The van der Waals surface area contributed by atoms with Crippen molar-refractivity contribution in [3.63, 3.8) is 0 Å². The topological polar surface area (TPSA) is 49.9 Å². The van der Waals surface area contributed by atoms with Crippen molar-refractivity contribution in [2.45, 2.75) is 38.5 Å². The fourth-order valence-electron chi connectivity index (χ4n) is 0.690. The summed E-state index contributed by atoms with van der Waals surface area (Å²) in [6, 6.07) is 0. The maximum atomic E-state index is 7.18. The van der Waals surface area contributed by atoms with Crippen LogP contribution in [0, 0.1) is 5.41 Å². The first-order valence-electron chi connectivity index (χ1n) is 4.08. The highest BCUT2D eigenvalue weighted by Crippen LogP contribution is 2.10. The first-order valence-corrected chi connectivity index (χ1v) is 5.13. The molecule has 0 bridgehead atoms. The van der Waals surface area contributed by atoms with Crippen molar-refractivity contribution in [1.29, 1.82) is 5.41 Å². The molecule has 0 rings (SSSR count). The fourth-order valence-corrected chi connectivity index (χ4v) is 1.54. The van der Waals surface area contributed by atoms with E-state index in [1.54, 1.807) is 11.8 Å². The number of hydrogen-bond donors (Lipinski definition) is 2. The molecular formula is C8H18N2S. The van der Waals surface area contributed by atoms with Crippen molar-refractivity contribution in [2.24, 2.45) is 5.73 Å². The van der Waals surface area contributed by atoms with E-state index in [9.17, 15) is 0 Å². The van der Waals surface area contributed by atoms with E-state index in [2.05, 4.69) is 6.92 Å². The number of hydrogen-bond acceptors (Lipinski definition) is 3. The Hall–Kier alpha value is -0.0200. The summed E-state index contributed by atoms with van der Waals surface area (Å²) in [5.74, 6) is 1.09. The molecule has 2 nitrogen and oxygen atoms in total. The van der Waals surface area contributed by atoms with Crippen molar-refractivity contribution in [1.82, 2.24) is 0 Å². The average Bonchev–Trinajstić information content (AvgIpc) is 1.97. The highest BCUT2D eigenvalue weighted by Gasteiger charge is 1.98. The Labute approximate surface area is 73.4 Å². The lowest BCUT2D eigenvalue weighted by molar-refractivity contribution is 0.863. The van der Waals surface area contributed by atoms with Gasteiger partial charge < -0.3 is 11.1 Å². The van der Waals surface area contributed by atoms with Crippen molar-refractivity contribution in [3.05, 3.63) is 0 Å². The smallest absolute Gasteiger partial charge is 0.0504 e. The fraction of sp³-hybridized carbons (Fsp3) is 0.875. The molecule has 0 aliphatic rings. The van der Waals surface area contributed by atoms with Crippen LogP contribution in [0.5, 0.6) is 0 Å². The molecule has 0 radical (unpaired) electrons. The Kier molecular flexibility index (Phi) is 6.66. The molecule has 0 aliphatic carbocycles.